The third kappa shape index (κ3) is 5.68. The Balaban J connectivity index is 0.000000137. The molecule has 0 spiro atoms. The summed E-state index contributed by atoms with van der Waals surface area (Å²) in [6.07, 6.45) is 0. The van der Waals surface area contributed by atoms with Crippen molar-refractivity contribution in [1.82, 2.24) is 4.98 Å². The number of nitrogens with two attached hydrogens (primary N) is 1. The zero-order valence-corrected chi connectivity index (χ0v) is 34.0. The quantitative estimate of drug-likeness (QED) is 0.120. The number of rotatable bonds is 5. The van der Waals surface area contributed by atoms with E-state index < -0.39 is 0 Å². The third-order valence-corrected chi connectivity index (χ3v) is 13.4. The van der Waals surface area contributed by atoms with E-state index in [9.17, 15) is 0 Å². The predicted octanol–water partition coefficient (Wildman–Crippen LogP) is 15.0. The van der Waals surface area contributed by atoms with Crippen LogP contribution >= 0.6 is 11.3 Å². The molecule has 0 aliphatic heterocycles. The Labute approximate surface area is 350 Å². The maximum atomic E-state index is 6.67. The zero-order chi connectivity index (χ0) is 40.5. The minimum absolute atomic E-state index is 0.350. The number of aliphatic imine (C=N–C) groups is 1. The molecule has 12 rings (SSSR count). The Kier molecular flexibility index (Phi) is 8.51. The van der Waals surface area contributed by atoms with Crippen LogP contribution in [0.1, 0.15) is 22.7 Å². The van der Waals surface area contributed by atoms with E-state index in [-0.39, 0.29) is 6.04 Å². The van der Waals surface area contributed by atoms with Gasteiger partial charge in [0.1, 0.15) is 5.58 Å². The van der Waals surface area contributed by atoms with E-state index in [1.807, 2.05) is 48.7 Å². The van der Waals surface area contributed by atoms with Gasteiger partial charge in [-0.15, -0.1) is 11.3 Å². The van der Waals surface area contributed by atoms with Crippen LogP contribution < -0.4 is 11.1 Å². The number of aromatic amines is 1. The van der Waals surface area contributed by atoms with Gasteiger partial charge in [0.25, 0.3) is 0 Å². The van der Waals surface area contributed by atoms with Crippen LogP contribution in [0.4, 0.5) is 11.6 Å². The standard InChI is InChI=1S/C28H20N2S.C26H20N2O/c1-15-24-16(13-20-18-7-4-6-10-23(18)31-28(15)20)11-12-17-14-22-26(27(29-2)25(17)24)19-8-3-5-9-21(19)30-22;1-28-26-24(22-9-5-6-10-23(22)29-26)25(27)21-14-13-19-15-18(11-12-20(19)16-21)17-7-3-2-4-8-17/h3-14,29-30H,1-2H3;2-16,25H,1,27H2. The molecular weight excluding hydrogens is 753 g/mol. The van der Waals surface area contributed by atoms with Crippen molar-refractivity contribution in [2.75, 3.05) is 12.4 Å². The Morgan fingerprint density at radius 2 is 1.30 bits per heavy atom. The number of furan rings is 1. The summed E-state index contributed by atoms with van der Waals surface area (Å²) in [5.74, 6) is 0.484. The van der Waals surface area contributed by atoms with Gasteiger partial charge in [0.05, 0.1) is 11.7 Å². The van der Waals surface area contributed by atoms with E-state index in [1.54, 1.807) is 0 Å². The Hall–Kier alpha value is -7.25. The van der Waals surface area contributed by atoms with Gasteiger partial charge in [0.15, 0.2) is 0 Å². The number of nitrogens with zero attached hydrogens (tertiary/aromatic N) is 1. The lowest BCUT2D eigenvalue weighted by molar-refractivity contribution is 0.618. The smallest absolute Gasteiger partial charge is 0.224 e. The number of anilines is 1. The van der Waals surface area contributed by atoms with Crippen molar-refractivity contribution < 1.29 is 4.42 Å². The zero-order valence-electron chi connectivity index (χ0n) is 33.2. The SMILES string of the molecule is C=Nc1oc2ccccc2c1C(N)c1ccc2cc(-c3ccccc3)ccc2c1.CNc1c2c(cc3ccc4cc5c(sc6ccccc65)c(C)c4c13)[nH]c1ccccc12. The molecule has 3 heterocycles. The summed E-state index contributed by atoms with van der Waals surface area (Å²) in [7, 11) is 2.04. The number of H-pyrrole nitrogens is 1. The van der Waals surface area contributed by atoms with Crippen LogP contribution in [0.15, 0.2) is 173 Å². The topological polar surface area (TPSA) is 79.3 Å². The minimum Gasteiger partial charge on any atom is -0.438 e. The van der Waals surface area contributed by atoms with E-state index >= 15 is 0 Å². The van der Waals surface area contributed by atoms with Gasteiger partial charge in [0, 0.05) is 65.4 Å². The fourth-order valence-electron chi connectivity index (χ4n) is 9.28. The van der Waals surface area contributed by atoms with Crippen molar-refractivity contribution in [2.24, 2.45) is 10.7 Å². The van der Waals surface area contributed by atoms with Crippen LogP contribution in [0.3, 0.4) is 0 Å². The average Bonchev–Trinajstić information content (AvgIpc) is 3.99. The normalized spacial score (nSPS) is 12.2. The first-order chi connectivity index (χ1) is 29.5. The number of nitrogens with one attached hydrogen (secondary N) is 2. The average molecular weight is 793 g/mol. The highest BCUT2D eigenvalue weighted by Gasteiger charge is 2.22. The molecule has 12 aromatic rings. The van der Waals surface area contributed by atoms with Crippen LogP contribution in [0.5, 0.6) is 0 Å². The van der Waals surface area contributed by atoms with Crippen molar-refractivity contribution in [2.45, 2.75) is 13.0 Å². The molecule has 5 nitrogen and oxygen atoms in total. The largest absolute Gasteiger partial charge is 0.438 e. The lowest BCUT2D eigenvalue weighted by atomic mass is 9.93. The number of benzene rings is 9. The number of para-hydroxylation sites is 2. The van der Waals surface area contributed by atoms with Crippen molar-refractivity contribution in [1.29, 1.82) is 0 Å². The molecule has 3 aromatic heterocycles. The van der Waals surface area contributed by atoms with E-state index in [4.69, 9.17) is 10.2 Å². The van der Waals surface area contributed by atoms with Gasteiger partial charge in [0.2, 0.25) is 5.88 Å². The summed E-state index contributed by atoms with van der Waals surface area (Å²) < 4.78 is 8.58. The number of hydrogen-bond acceptors (Lipinski definition) is 5. The molecule has 1 atom stereocenters. The summed E-state index contributed by atoms with van der Waals surface area (Å²) >= 11 is 1.91. The number of aromatic nitrogens is 1. The van der Waals surface area contributed by atoms with Crippen molar-refractivity contribution in [3.8, 4) is 11.1 Å². The number of aryl methyl sites for hydroxylation is 1. The van der Waals surface area contributed by atoms with Crippen molar-refractivity contribution >= 4 is 115 Å². The Morgan fingerprint density at radius 1 is 0.617 bits per heavy atom. The van der Waals surface area contributed by atoms with E-state index in [0.717, 1.165) is 27.5 Å². The lowest BCUT2D eigenvalue weighted by Gasteiger charge is -2.14. The molecule has 0 saturated carbocycles. The molecule has 0 fully saturated rings. The van der Waals surface area contributed by atoms with Gasteiger partial charge in [-0.1, -0.05) is 121 Å². The first-order valence-corrected chi connectivity index (χ1v) is 21.0. The molecule has 0 bridgehead atoms. The Bertz CT molecular complexity index is 3650. The van der Waals surface area contributed by atoms with Crippen LogP contribution in [0.25, 0.3) is 96.4 Å². The maximum Gasteiger partial charge on any atom is 0.224 e. The molecule has 288 valence electrons. The van der Waals surface area contributed by atoms with Crippen molar-refractivity contribution in [3.05, 3.63) is 180 Å². The maximum absolute atomic E-state index is 6.67. The molecule has 1 unspecified atom stereocenters. The third-order valence-electron chi connectivity index (χ3n) is 12.1. The molecule has 0 aliphatic rings. The first-order valence-electron chi connectivity index (χ1n) is 20.2. The molecular formula is C54H40N4OS. The van der Waals surface area contributed by atoms with Crippen LogP contribution in [-0.2, 0) is 0 Å². The number of hydrogen-bond donors (Lipinski definition) is 3. The van der Waals surface area contributed by atoms with Gasteiger partial charge < -0.3 is 20.5 Å². The van der Waals surface area contributed by atoms with Crippen LogP contribution in [-0.4, -0.2) is 18.7 Å². The Morgan fingerprint density at radius 3 is 2.12 bits per heavy atom. The lowest BCUT2D eigenvalue weighted by Crippen LogP contribution is -2.11. The van der Waals surface area contributed by atoms with E-state index in [2.05, 4.69) is 162 Å². The second-order valence-corrected chi connectivity index (χ2v) is 16.5. The highest BCUT2D eigenvalue weighted by Crippen LogP contribution is 2.46. The van der Waals surface area contributed by atoms with Crippen LogP contribution in [0.2, 0.25) is 0 Å². The number of fused-ring (bicyclic) bond motifs is 11. The second kappa shape index (κ2) is 14.2. The summed E-state index contributed by atoms with van der Waals surface area (Å²) in [4.78, 5) is 7.68. The summed E-state index contributed by atoms with van der Waals surface area (Å²) in [6.45, 7) is 5.94. The molecule has 6 heteroatoms. The van der Waals surface area contributed by atoms with E-state index in [0.29, 0.717) is 5.88 Å². The molecule has 4 N–H and O–H groups in total. The molecule has 0 saturated heterocycles. The summed E-state index contributed by atoms with van der Waals surface area (Å²) in [5.41, 5.74) is 16.7. The summed E-state index contributed by atoms with van der Waals surface area (Å²) in [5, 5.41) is 17.4. The first kappa shape index (κ1) is 35.9. The van der Waals surface area contributed by atoms with E-state index in [1.165, 1.54) is 91.3 Å². The molecule has 0 amide bonds. The fraction of sp³-hybridized carbons (Fsp3) is 0.0556. The van der Waals surface area contributed by atoms with Gasteiger partial charge >= 0.3 is 0 Å². The van der Waals surface area contributed by atoms with Crippen LogP contribution in [0, 0.1) is 6.92 Å². The molecule has 0 aliphatic carbocycles. The summed E-state index contributed by atoms with van der Waals surface area (Å²) in [6, 6.07) is 57.3. The van der Waals surface area contributed by atoms with Gasteiger partial charge in [-0.3, -0.25) is 0 Å². The highest BCUT2D eigenvalue weighted by molar-refractivity contribution is 7.26. The van der Waals surface area contributed by atoms with Gasteiger partial charge in [-0.2, -0.15) is 0 Å². The predicted molar refractivity (Wildman–Crippen MR) is 259 cm³/mol. The fourth-order valence-corrected chi connectivity index (χ4v) is 10.5. The second-order valence-electron chi connectivity index (χ2n) is 15.5. The van der Waals surface area contributed by atoms with Crippen molar-refractivity contribution in [3.63, 3.8) is 0 Å². The monoisotopic (exact) mass is 792 g/mol. The molecule has 60 heavy (non-hydrogen) atoms. The number of thiophene rings is 1. The minimum atomic E-state index is -0.350. The highest BCUT2D eigenvalue weighted by atomic mass is 32.1. The molecule has 0 radical (unpaired) electrons. The molecule has 9 aromatic carbocycles. The van der Waals surface area contributed by atoms with Gasteiger partial charge in [-0.25, -0.2) is 4.99 Å². The van der Waals surface area contributed by atoms with Gasteiger partial charge in [-0.05, 0) is 105 Å².